The molecular formula is C15H18N2O3. The van der Waals surface area contributed by atoms with Crippen molar-refractivity contribution in [3.05, 3.63) is 29.8 Å². The minimum absolute atomic E-state index is 0.0551. The van der Waals surface area contributed by atoms with Crippen LogP contribution in [0, 0.1) is 0 Å². The quantitative estimate of drug-likeness (QED) is 0.872. The van der Waals surface area contributed by atoms with Crippen LogP contribution in [0.2, 0.25) is 0 Å². The van der Waals surface area contributed by atoms with Crippen LogP contribution in [-0.4, -0.2) is 36.1 Å². The maximum absolute atomic E-state index is 12.6. The minimum atomic E-state index is -0.926. The summed E-state index contributed by atoms with van der Waals surface area (Å²) in [4.78, 5) is 25.5. The molecule has 1 aromatic carbocycles. The number of fused-ring (bicyclic) bond motifs is 1. The van der Waals surface area contributed by atoms with Gasteiger partial charge in [-0.15, -0.1) is 0 Å². The van der Waals surface area contributed by atoms with E-state index in [9.17, 15) is 9.59 Å². The first-order valence-corrected chi connectivity index (χ1v) is 7.03. The second-order valence-corrected chi connectivity index (χ2v) is 5.40. The second kappa shape index (κ2) is 5.25. The molecule has 0 aliphatic carbocycles. The Bertz CT molecular complexity index is 538. The maximum Gasteiger partial charge on any atom is 0.304 e. The number of rotatable bonds is 3. The molecule has 3 rings (SSSR count). The number of carbonyl (C=O) groups excluding carboxylic acids is 1. The number of carboxylic acid groups (broad SMARTS) is 1. The number of benzene rings is 1. The van der Waals surface area contributed by atoms with Crippen molar-refractivity contribution in [2.75, 3.05) is 18.0 Å². The van der Waals surface area contributed by atoms with E-state index in [2.05, 4.69) is 5.32 Å². The third kappa shape index (κ3) is 2.18. The Morgan fingerprint density at radius 2 is 2.00 bits per heavy atom. The fourth-order valence-corrected chi connectivity index (χ4v) is 3.23. The maximum atomic E-state index is 12.6. The number of aliphatic carboxylic acids is 1. The summed E-state index contributed by atoms with van der Waals surface area (Å²) < 4.78 is 0. The van der Waals surface area contributed by atoms with Crippen LogP contribution >= 0.6 is 0 Å². The van der Waals surface area contributed by atoms with Gasteiger partial charge < -0.3 is 15.3 Å². The van der Waals surface area contributed by atoms with Gasteiger partial charge in [0.1, 0.15) is 0 Å². The lowest BCUT2D eigenvalue weighted by Gasteiger charge is -2.32. The summed E-state index contributed by atoms with van der Waals surface area (Å²) in [6, 6.07) is 7.76. The summed E-state index contributed by atoms with van der Waals surface area (Å²) in [5.74, 6) is -1.51. The van der Waals surface area contributed by atoms with Crippen LogP contribution in [0.3, 0.4) is 0 Å². The molecule has 0 spiro atoms. The summed E-state index contributed by atoms with van der Waals surface area (Å²) >= 11 is 0. The molecule has 0 saturated carbocycles. The molecule has 2 heterocycles. The van der Waals surface area contributed by atoms with Gasteiger partial charge in [-0.2, -0.15) is 0 Å². The van der Waals surface area contributed by atoms with Gasteiger partial charge in [0.2, 0.25) is 5.91 Å². The molecule has 106 valence electrons. The Morgan fingerprint density at radius 3 is 2.70 bits per heavy atom. The lowest BCUT2D eigenvalue weighted by atomic mass is 9.97. The first-order chi connectivity index (χ1) is 9.68. The number of carboxylic acids is 1. The van der Waals surface area contributed by atoms with Crippen molar-refractivity contribution in [2.45, 2.75) is 31.2 Å². The molecule has 0 aromatic heterocycles. The van der Waals surface area contributed by atoms with E-state index in [0.29, 0.717) is 0 Å². The lowest BCUT2D eigenvalue weighted by Crippen LogP contribution is -2.45. The number of nitrogens with one attached hydrogen (secondary N) is 1. The van der Waals surface area contributed by atoms with E-state index in [0.717, 1.165) is 37.2 Å². The Balaban J connectivity index is 1.95. The van der Waals surface area contributed by atoms with E-state index in [4.69, 9.17) is 5.11 Å². The van der Waals surface area contributed by atoms with Crippen molar-refractivity contribution >= 4 is 17.6 Å². The van der Waals surface area contributed by atoms with E-state index in [1.54, 1.807) is 0 Å². The number of nitrogens with zero attached hydrogens (tertiary/aromatic N) is 1. The van der Waals surface area contributed by atoms with Gasteiger partial charge in [0.15, 0.2) is 0 Å². The normalized spacial score (nSPS) is 22.9. The fourth-order valence-electron chi connectivity index (χ4n) is 3.23. The zero-order valence-corrected chi connectivity index (χ0v) is 11.2. The molecule has 1 fully saturated rings. The highest BCUT2D eigenvalue weighted by Gasteiger charge is 2.41. The second-order valence-electron chi connectivity index (χ2n) is 5.40. The topological polar surface area (TPSA) is 69.6 Å². The smallest absolute Gasteiger partial charge is 0.304 e. The molecule has 5 heteroatoms. The van der Waals surface area contributed by atoms with Gasteiger partial charge in [0.25, 0.3) is 0 Å². The molecule has 1 amide bonds. The molecule has 2 aliphatic heterocycles. The van der Waals surface area contributed by atoms with Crippen LogP contribution < -0.4 is 10.2 Å². The number of hydrogen-bond donors (Lipinski definition) is 2. The molecule has 1 unspecified atom stereocenters. The lowest BCUT2D eigenvalue weighted by molar-refractivity contribution is -0.139. The number of carbonyl (C=O) groups is 2. The summed E-state index contributed by atoms with van der Waals surface area (Å²) in [6.07, 6.45) is 1.71. The monoisotopic (exact) mass is 274 g/mol. The Labute approximate surface area is 117 Å². The third-order valence-corrected chi connectivity index (χ3v) is 4.16. The molecule has 2 aliphatic rings. The van der Waals surface area contributed by atoms with Crippen molar-refractivity contribution in [1.29, 1.82) is 0 Å². The first-order valence-electron chi connectivity index (χ1n) is 7.03. The summed E-state index contributed by atoms with van der Waals surface area (Å²) in [5, 5.41) is 12.3. The third-order valence-electron chi connectivity index (χ3n) is 4.16. The zero-order valence-electron chi connectivity index (χ0n) is 11.2. The molecule has 1 atom stereocenters. The fraction of sp³-hybridized carbons (Fsp3) is 0.467. The van der Waals surface area contributed by atoms with Crippen LogP contribution in [0.4, 0.5) is 5.69 Å². The highest BCUT2D eigenvalue weighted by Crippen LogP contribution is 2.41. The van der Waals surface area contributed by atoms with Gasteiger partial charge in [-0.3, -0.25) is 9.59 Å². The van der Waals surface area contributed by atoms with Gasteiger partial charge in [-0.05, 0) is 37.6 Å². The molecule has 1 aromatic rings. The molecule has 5 nitrogen and oxygen atoms in total. The molecular weight excluding hydrogens is 256 g/mol. The summed E-state index contributed by atoms with van der Waals surface area (Å²) in [7, 11) is 0. The van der Waals surface area contributed by atoms with Crippen molar-refractivity contribution in [2.24, 2.45) is 0 Å². The number of piperidine rings is 1. The largest absolute Gasteiger partial charge is 0.481 e. The summed E-state index contributed by atoms with van der Waals surface area (Å²) in [5.41, 5.74) is 1.76. The van der Waals surface area contributed by atoms with Crippen molar-refractivity contribution in [3.63, 3.8) is 0 Å². The Kier molecular flexibility index (Phi) is 3.44. The van der Waals surface area contributed by atoms with Gasteiger partial charge >= 0.3 is 5.97 Å². The first kappa shape index (κ1) is 13.1. The highest BCUT2D eigenvalue weighted by atomic mass is 16.4. The Hall–Kier alpha value is -1.88. The number of para-hydroxylation sites is 1. The van der Waals surface area contributed by atoms with Crippen LogP contribution in [0.25, 0.3) is 0 Å². The Morgan fingerprint density at radius 1 is 1.30 bits per heavy atom. The van der Waals surface area contributed by atoms with Crippen LogP contribution in [-0.2, 0) is 9.59 Å². The predicted molar refractivity (Wildman–Crippen MR) is 74.8 cm³/mol. The molecule has 20 heavy (non-hydrogen) atoms. The van der Waals surface area contributed by atoms with E-state index < -0.39 is 11.9 Å². The van der Waals surface area contributed by atoms with Gasteiger partial charge in [-0.1, -0.05) is 18.2 Å². The highest BCUT2D eigenvalue weighted by molar-refractivity contribution is 6.06. The molecule has 0 bridgehead atoms. The van der Waals surface area contributed by atoms with E-state index in [1.165, 1.54) is 0 Å². The van der Waals surface area contributed by atoms with Gasteiger partial charge in [0.05, 0.1) is 12.3 Å². The van der Waals surface area contributed by atoms with Gasteiger partial charge in [0, 0.05) is 11.7 Å². The van der Waals surface area contributed by atoms with Crippen molar-refractivity contribution in [3.8, 4) is 0 Å². The molecule has 1 saturated heterocycles. The van der Waals surface area contributed by atoms with Crippen molar-refractivity contribution < 1.29 is 14.7 Å². The van der Waals surface area contributed by atoms with E-state index >= 15 is 0 Å². The number of anilines is 1. The SMILES string of the molecule is O=C(O)CC1C(=O)N(C2CCNCC2)c2ccccc21. The minimum Gasteiger partial charge on any atom is -0.481 e. The molecule has 2 N–H and O–H groups in total. The van der Waals surface area contributed by atoms with Crippen molar-refractivity contribution in [1.82, 2.24) is 5.32 Å². The van der Waals surface area contributed by atoms with E-state index in [-0.39, 0.29) is 18.4 Å². The van der Waals surface area contributed by atoms with Crippen LogP contribution in [0.15, 0.2) is 24.3 Å². The standard InChI is InChI=1S/C15H18N2O3/c18-14(19)9-12-11-3-1-2-4-13(11)17(15(12)20)10-5-7-16-8-6-10/h1-4,10,12,16H,5-9H2,(H,18,19). The average molecular weight is 274 g/mol. The number of hydrogen-bond acceptors (Lipinski definition) is 3. The molecule has 0 radical (unpaired) electrons. The van der Waals surface area contributed by atoms with Crippen LogP contribution in [0.1, 0.15) is 30.7 Å². The zero-order chi connectivity index (χ0) is 14.1. The number of amides is 1. The predicted octanol–water partition coefficient (Wildman–Crippen LogP) is 1.34. The van der Waals surface area contributed by atoms with Crippen LogP contribution in [0.5, 0.6) is 0 Å². The average Bonchev–Trinajstić information content (AvgIpc) is 2.72. The van der Waals surface area contributed by atoms with E-state index in [1.807, 2.05) is 29.2 Å². The summed E-state index contributed by atoms with van der Waals surface area (Å²) in [6.45, 7) is 1.81. The van der Waals surface area contributed by atoms with Gasteiger partial charge in [-0.25, -0.2) is 0 Å².